The van der Waals surface area contributed by atoms with Crippen LogP contribution in [0.1, 0.15) is 80.1 Å². The topological polar surface area (TPSA) is 35.5 Å². The van der Waals surface area contributed by atoms with Gasteiger partial charge in [-0.1, -0.05) is 41.5 Å². The average molecular weight is 456 g/mol. The zero-order chi connectivity index (χ0) is 22.2. The first kappa shape index (κ1) is 25.3. The fourth-order valence-corrected chi connectivity index (χ4v) is 7.79. The molecule has 0 aromatic rings. The second kappa shape index (κ2) is 7.87. The van der Waals surface area contributed by atoms with Gasteiger partial charge >= 0.3 is 5.97 Å². The summed E-state index contributed by atoms with van der Waals surface area (Å²) in [6, 6.07) is 0. The predicted octanol–water partition coefficient (Wildman–Crippen LogP) is 2.06. The molecule has 0 radical (unpaired) electrons. The number of ether oxygens (including phenoxy) is 2. The summed E-state index contributed by atoms with van der Waals surface area (Å²) in [7, 11) is 4.26. The minimum absolute atomic E-state index is 0. The zero-order valence-electron chi connectivity index (χ0n) is 21.2. The van der Waals surface area contributed by atoms with Crippen LogP contribution in [0.2, 0.25) is 0 Å². The molecule has 4 fully saturated rings. The van der Waals surface area contributed by atoms with Crippen molar-refractivity contribution < 1.29 is 31.2 Å². The second-order valence-corrected chi connectivity index (χ2v) is 13.4. The Morgan fingerprint density at radius 2 is 1.68 bits per heavy atom. The molecule has 4 saturated carbocycles. The number of hydrogen-bond acceptors (Lipinski definition) is 3. The Hall–Kier alpha value is -0.320. The van der Waals surface area contributed by atoms with Gasteiger partial charge in [-0.05, 0) is 66.1 Å². The number of carbonyl (C=O) groups is 1. The van der Waals surface area contributed by atoms with E-state index in [1.54, 1.807) is 0 Å². The van der Waals surface area contributed by atoms with Gasteiger partial charge in [0.25, 0.3) is 0 Å². The van der Waals surface area contributed by atoms with E-state index in [2.05, 4.69) is 55.6 Å². The Labute approximate surface area is 196 Å². The number of hydrogen-bond donors (Lipinski definition) is 0. The molecule has 4 rings (SSSR count). The Morgan fingerprint density at radius 3 is 2.16 bits per heavy atom. The third-order valence-electron chi connectivity index (χ3n) is 11.2. The molecule has 4 nitrogen and oxygen atoms in total. The van der Waals surface area contributed by atoms with Gasteiger partial charge < -0.3 is 26.4 Å². The van der Waals surface area contributed by atoms with E-state index >= 15 is 0 Å². The van der Waals surface area contributed by atoms with Gasteiger partial charge in [0.2, 0.25) is 0 Å². The molecule has 5 heteroatoms. The van der Waals surface area contributed by atoms with Crippen LogP contribution in [-0.2, 0) is 14.3 Å². The molecular formula is C26H46ClNO3. The van der Waals surface area contributed by atoms with Crippen molar-refractivity contribution in [3.05, 3.63) is 0 Å². The minimum Gasteiger partial charge on any atom is -1.00 e. The lowest BCUT2D eigenvalue weighted by Gasteiger charge is -2.39. The number of likely N-dealkylation sites (N-methyl/N-ethyl adjacent to an activating group) is 1. The normalized spacial score (nSPS) is 41.9. The summed E-state index contributed by atoms with van der Waals surface area (Å²) in [5.74, 6) is 1.29. The Kier molecular flexibility index (Phi) is 6.43. The van der Waals surface area contributed by atoms with Crippen LogP contribution in [0.4, 0.5) is 0 Å². The van der Waals surface area contributed by atoms with Crippen LogP contribution in [0.15, 0.2) is 0 Å². The first-order valence-electron chi connectivity index (χ1n) is 12.4. The lowest BCUT2D eigenvalue weighted by molar-refractivity contribution is -0.883. The van der Waals surface area contributed by atoms with Crippen molar-refractivity contribution in [2.75, 3.05) is 33.8 Å². The quantitative estimate of drug-likeness (QED) is 0.435. The summed E-state index contributed by atoms with van der Waals surface area (Å²) in [6.07, 6.45) is 7.84. The van der Waals surface area contributed by atoms with Crippen molar-refractivity contribution in [1.82, 2.24) is 0 Å². The van der Waals surface area contributed by atoms with Gasteiger partial charge in [0.1, 0.15) is 12.6 Å². The van der Waals surface area contributed by atoms with Crippen molar-refractivity contribution in [3.63, 3.8) is 0 Å². The van der Waals surface area contributed by atoms with Crippen molar-refractivity contribution in [3.8, 4) is 0 Å². The molecule has 0 spiro atoms. The monoisotopic (exact) mass is 455 g/mol. The van der Waals surface area contributed by atoms with E-state index in [1.165, 1.54) is 32.1 Å². The van der Waals surface area contributed by atoms with Gasteiger partial charge in [0.05, 0.1) is 26.8 Å². The number of carbonyl (C=O) groups excluding carboxylic acids is 1. The van der Waals surface area contributed by atoms with E-state index in [4.69, 9.17) is 9.47 Å². The summed E-state index contributed by atoms with van der Waals surface area (Å²) in [5.41, 5.74) is 1.29. The van der Waals surface area contributed by atoms with Crippen molar-refractivity contribution >= 4 is 5.97 Å². The molecule has 0 aliphatic heterocycles. The maximum absolute atomic E-state index is 12.8. The molecule has 0 aromatic heterocycles. The van der Waals surface area contributed by atoms with Crippen LogP contribution in [0.3, 0.4) is 0 Å². The van der Waals surface area contributed by atoms with Crippen LogP contribution in [-0.4, -0.2) is 56.5 Å². The maximum atomic E-state index is 12.8. The Balaban J connectivity index is 0.00000272. The van der Waals surface area contributed by atoms with E-state index in [0.717, 1.165) is 25.5 Å². The van der Waals surface area contributed by atoms with Crippen LogP contribution in [0.25, 0.3) is 0 Å². The second-order valence-electron chi connectivity index (χ2n) is 13.4. The van der Waals surface area contributed by atoms with Crippen molar-refractivity contribution in [2.45, 2.75) is 92.3 Å². The molecule has 6 atom stereocenters. The zero-order valence-corrected chi connectivity index (χ0v) is 22.0. The minimum atomic E-state index is -0.0371. The third kappa shape index (κ3) is 3.87. The molecule has 180 valence electrons. The number of esters is 1. The molecule has 0 amide bonds. The fourth-order valence-electron chi connectivity index (χ4n) is 7.79. The van der Waals surface area contributed by atoms with Gasteiger partial charge in [-0.25, -0.2) is 4.79 Å². The molecule has 4 bridgehead atoms. The average Bonchev–Trinajstić information content (AvgIpc) is 3.11. The molecule has 4 aliphatic carbocycles. The lowest BCUT2D eigenvalue weighted by Crippen LogP contribution is -3.00. The van der Waals surface area contributed by atoms with Crippen LogP contribution >= 0.6 is 0 Å². The number of rotatable bonds is 7. The van der Waals surface area contributed by atoms with Crippen molar-refractivity contribution in [2.24, 2.45) is 33.5 Å². The van der Waals surface area contributed by atoms with Crippen molar-refractivity contribution in [1.29, 1.82) is 0 Å². The summed E-state index contributed by atoms with van der Waals surface area (Å²) in [4.78, 5) is 12.8. The van der Waals surface area contributed by atoms with E-state index in [1.807, 2.05) is 0 Å². The fraction of sp³-hybridized carbons (Fsp3) is 0.962. The highest BCUT2D eigenvalue weighted by molar-refractivity contribution is 5.71. The molecule has 0 aromatic carbocycles. The summed E-state index contributed by atoms with van der Waals surface area (Å²) >= 11 is 0. The Morgan fingerprint density at radius 1 is 1.00 bits per heavy atom. The smallest absolute Gasteiger partial charge is 0.362 e. The summed E-state index contributed by atoms with van der Waals surface area (Å²) in [6.45, 7) is 16.4. The first-order valence-corrected chi connectivity index (χ1v) is 12.4. The number of halogens is 1. The summed E-state index contributed by atoms with van der Waals surface area (Å²) < 4.78 is 13.1. The van der Waals surface area contributed by atoms with E-state index in [0.29, 0.717) is 39.3 Å². The standard InChI is InChI=1S/C26H46NO3.ClH/c1-23(2)18-9-12-26(23,6)21(15-18)29-14-13-27(7,8)17-22(28)30-20-16-25(5)11-10-19(20)24(25,3)4;/h18-21H,9-17H2,1-8H3;1H/q+1;/p-1. The molecule has 6 unspecified atom stereocenters. The van der Waals surface area contributed by atoms with Crippen LogP contribution in [0, 0.1) is 33.5 Å². The number of quaternary nitrogens is 1. The molecule has 4 aliphatic rings. The predicted molar refractivity (Wildman–Crippen MR) is 120 cm³/mol. The highest BCUT2D eigenvalue weighted by atomic mass is 35.5. The van der Waals surface area contributed by atoms with E-state index < -0.39 is 0 Å². The molecule has 0 N–H and O–H groups in total. The third-order valence-corrected chi connectivity index (χ3v) is 11.2. The molecule has 0 heterocycles. The lowest BCUT2D eigenvalue weighted by atomic mass is 9.70. The largest absolute Gasteiger partial charge is 1.00 e. The Bertz CT molecular complexity index is 702. The first-order chi connectivity index (χ1) is 13.7. The number of fused-ring (bicyclic) bond motifs is 4. The van der Waals surface area contributed by atoms with Gasteiger partial charge in [-0.3, -0.25) is 0 Å². The van der Waals surface area contributed by atoms with Crippen LogP contribution in [0.5, 0.6) is 0 Å². The highest BCUT2D eigenvalue weighted by Crippen LogP contribution is 2.67. The van der Waals surface area contributed by atoms with E-state index in [-0.39, 0.29) is 29.9 Å². The van der Waals surface area contributed by atoms with Gasteiger partial charge in [-0.15, -0.1) is 0 Å². The highest BCUT2D eigenvalue weighted by Gasteiger charge is 2.63. The molecular weight excluding hydrogens is 410 g/mol. The van der Waals surface area contributed by atoms with Gasteiger partial charge in [0, 0.05) is 5.92 Å². The molecule has 31 heavy (non-hydrogen) atoms. The number of nitrogens with zero attached hydrogens (tertiary/aromatic N) is 1. The molecule has 0 saturated heterocycles. The summed E-state index contributed by atoms with van der Waals surface area (Å²) in [5, 5.41) is 0. The maximum Gasteiger partial charge on any atom is 0.362 e. The van der Waals surface area contributed by atoms with Gasteiger partial charge in [-0.2, -0.15) is 0 Å². The van der Waals surface area contributed by atoms with E-state index in [9.17, 15) is 4.79 Å². The SMILES string of the molecule is CC12CCC(C(OC(=O)C[N+](C)(C)CCOC3CC4CCC3(C)C4(C)C)C1)C2(C)C.[Cl-]. The van der Waals surface area contributed by atoms with Gasteiger partial charge in [0.15, 0.2) is 6.54 Å². The van der Waals surface area contributed by atoms with Crippen LogP contribution < -0.4 is 12.4 Å².